The first-order valence-corrected chi connectivity index (χ1v) is 6.06. The summed E-state index contributed by atoms with van der Waals surface area (Å²) < 4.78 is 21.4. The van der Waals surface area contributed by atoms with Gasteiger partial charge in [0, 0.05) is 13.2 Å². The average molecular weight is 210 g/mol. The monoisotopic (exact) mass is 210 g/mol. The summed E-state index contributed by atoms with van der Waals surface area (Å²) in [6.45, 7) is 6.53. The van der Waals surface area contributed by atoms with Crippen LogP contribution in [-0.4, -0.2) is 30.1 Å². The molecule has 0 aromatic carbocycles. The fraction of sp³-hybridized carbons (Fsp3) is 1.00. The molecule has 0 rings (SSSR count). The van der Waals surface area contributed by atoms with Gasteiger partial charge in [-0.2, -0.15) is 0 Å². The molecule has 1 N–H and O–H groups in total. The Hall–Kier alpha value is 0.110. The molecule has 0 saturated heterocycles. The highest BCUT2D eigenvalue weighted by Gasteiger charge is 2.24. The molecule has 0 bridgehead atoms. The van der Waals surface area contributed by atoms with E-state index in [2.05, 4.69) is 0 Å². The molecule has 0 saturated carbocycles. The van der Waals surface area contributed by atoms with Crippen LogP contribution in [0.2, 0.25) is 0 Å². The zero-order chi connectivity index (χ0) is 10.3. The summed E-state index contributed by atoms with van der Waals surface area (Å²) in [5.74, 6) is 0. The van der Waals surface area contributed by atoms with Crippen LogP contribution in [-0.2, 0) is 14.0 Å². The van der Waals surface area contributed by atoms with E-state index in [4.69, 9.17) is 14.4 Å². The Labute approximate surface area is 80.1 Å². The Morgan fingerprint density at radius 1 is 1.23 bits per heavy atom. The van der Waals surface area contributed by atoms with E-state index in [9.17, 15) is 4.57 Å². The van der Waals surface area contributed by atoms with Gasteiger partial charge < -0.3 is 14.4 Å². The third-order valence-corrected chi connectivity index (χ3v) is 3.06. The first-order valence-electron chi connectivity index (χ1n) is 4.63. The molecule has 0 aliphatic rings. The molecule has 0 heterocycles. The quantitative estimate of drug-likeness (QED) is 0.512. The summed E-state index contributed by atoms with van der Waals surface area (Å²) in [6.07, 6.45) is 0.0651. The zero-order valence-corrected chi connectivity index (χ0v) is 9.45. The Kier molecular flexibility index (Phi) is 7.57. The second-order valence-electron chi connectivity index (χ2n) is 2.63. The van der Waals surface area contributed by atoms with Crippen LogP contribution in [0.15, 0.2) is 0 Å². The Bertz CT molecular complexity index is 145. The lowest BCUT2D eigenvalue weighted by molar-refractivity contribution is -0.137. The Morgan fingerprint density at radius 2 is 1.69 bits per heavy atom. The van der Waals surface area contributed by atoms with Crippen LogP contribution in [0.25, 0.3) is 0 Å². The Balaban J connectivity index is 4.20. The van der Waals surface area contributed by atoms with Crippen LogP contribution in [0.3, 0.4) is 0 Å². The summed E-state index contributed by atoms with van der Waals surface area (Å²) in [4.78, 5) is 9.02. The molecule has 0 radical (unpaired) electrons. The van der Waals surface area contributed by atoms with Gasteiger partial charge in [0.2, 0.25) is 0 Å². The SMILES string of the molecule is CCOC(OCC)C(CC)[PH](=O)O. The normalized spacial score (nSPS) is 16.1. The summed E-state index contributed by atoms with van der Waals surface area (Å²) in [5, 5.41) is 0. The van der Waals surface area contributed by atoms with Gasteiger partial charge in [-0.25, -0.2) is 0 Å². The van der Waals surface area contributed by atoms with Crippen molar-refractivity contribution in [1.82, 2.24) is 0 Å². The molecule has 2 unspecified atom stereocenters. The predicted octanol–water partition coefficient (Wildman–Crippen LogP) is 1.63. The molecule has 0 fully saturated rings. The topological polar surface area (TPSA) is 55.8 Å². The average Bonchev–Trinajstić information content (AvgIpc) is 2.05. The maximum Gasteiger partial charge on any atom is 0.197 e. The third-order valence-electron chi connectivity index (χ3n) is 1.75. The van der Waals surface area contributed by atoms with E-state index in [-0.39, 0.29) is 5.66 Å². The number of ether oxygens (including phenoxy) is 2. The number of hydrogen-bond donors (Lipinski definition) is 1. The maximum absolute atomic E-state index is 10.9. The number of rotatable bonds is 7. The lowest BCUT2D eigenvalue weighted by Crippen LogP contribution is -2.29. The van der Waals surface area contributed by atoms with Crippen molar-refractivity contribution in [2.45, 2.75) is 39.1 Å². The fourth-order valence-corrected chi connectivity index (χ4v) is 1.87. The molecule has 80 valence electrons. The van der Waals surface area contributed by atoms with Crippen molar-refractivity contribution in [3.05, 3.63) is 0 Å². The van der Waals surface area contributed by atoms with E-state index in [1.807, 2.05) is 20.8 Å². The van der Waals surface area contributed by atoms with Crippen LogP contribution < -0.4 is 0 Å². The summed E-state index contributed by atoms with van der Waals surface area (Å²) in [7, 11) is -2.57. The molecular weight excluding hydrogens is 191 g/mol. The van der Waals surface area contributed by atoms with E-state index in [0.717, 1.165) is 0 Å². The van der Waals surface area contributed by atoms with Crippen molar-refractivity contribution in [2.75, 3.05) is 13.2 Å². The minimum atomic E-state index is -2.57. The summed E-state index contributed by atoms with van der Waals surface area (Å²) in [6, 6.07) is 0. The minimum absolute atomic E-state index is 0.384. The van der Waals surface area contributed by atoms with Crippen molar-refractivity contribution < 1.29 is 18.9 Å². The van der Waals surface area contributed by atoms with Crippen LogP contribution in [0.4, 0.5) is 0 Å². The second-order valence-corrected chi connectivity index (χ2v) is 4.05. The molecule has 2 atom stereocenters. The van der Waals surface area contributed by atoms with Gasteiger partial charge in [0.05, 0.1) is 5.66 Å². The van der Waals surface area contributed by atoms with E-state index in [1.54, 1.807) is 0 Å². The fourth-order valence-electron chi connectivity index (χ4n) is 1.09. The molecule has 0 amide bonds. The maximum atomic E-state index is 10.9. The van der Waals surface area contributed by atoms with Crippen LogP contribution in [0.1, 0.15) is 27.2 Å². The standard InChI is InChI=1S/C8H19O4P/c1-4-7(13(9)10)8(11-5-2)12-6-3/h7-8,13H,4-6H2,1-3H3,(H,9,10). The molecule has 0 aromatic heterocycles. The molecule has 0 spiro atoms. The highest BCUT2D eigenvalue weighted by atomic mass is 31.1. The Morgan fingerprint density at radius 3 is 1.92 bits per heavy atom. The largest absolute Gasteiger partial charge is 0.352 e. The molecule has 4 nitrogen and oxygen atoms in total. The van der Waals surface area contributed by atoms with E-state index >= 15 is 0 Å². The second kappa shape index (κ2) is 7.51. The molecule has 0 aliphatic carbocycles. The smallest absolute Gasteiger partial charge is 0.197 e. The van der Waals surface area contributed by atoms with E-state index in [0.29, 0.717) is 19.6 Å². The summed E-state index contributed by atoms with van der Waals surface area (Å²) in [5.41, 5.74) is -0.384. The van der Waals surface area contributed by atoms with E-state index < -0.39 is 14.3 Å². The number of hydrogen-bond acceptors (Lipinski definition) is 3. The van der Waals surface area contributed by atoms with Gasteiger partial charge in [0.25, 0.3) is 0 Å². The van der Waals surface area contributed by atoms with Gasteiger partial charge in [0.15, 0.2) is 14.3 Å². The lowest BCUT2D eigenvalue weighted by atomic mass is 10.3. The molecule has 0 aliphatic heterocycles. The van der Waals surface area contributed by atoms with Crippen LogP contribution in [0, 0.1) is 0 Å². The molecule has 13 heavy (non-hydrogen) atoms. The first kappa shape index (κ1) is 13.1. The van der Waals surface area contributed by atoms with E-state index in [1.165, 1.54) is 0 Å². The van der Waals surface area contributed by atoms with Crippen molar-refractivity contribution >= 4 is 8.03 Å². The summed E-state index contributed by atoms with van der Waals surface area (Å²) >= 11 is 0. The molecular formula is C8H19O4P. The predicted molar refractivity (Wildman–Crippen MR) is 52.3 cm³/mol. The van der Waals surface area contributed by atoms with Crippen molar-refractivity contribution in [2.24, 2.45) is 0 Å². The van der Waals surface area contributed by atoms with Crippen molar-refractivity contribution in [1.29, 1.82) is 0 Å². The van der Waals surface area contributed by atoms with Gasteiger partial charge in [-0.1, -0.05) is 6.92 Å². The van der Waals surface area contributed by atoms with Gasteiger partial charge >= 0.3 is 0 Å². The van der Waals surface area contributed by atoms with Gasteiger partial charge in [-0.05, 0) is 20.3 Å². The molecule has 0 aromatic rings. The zero-order valence-electron chi connectivity index (χ0n) is 8.45. The molecule has 5 heteroatoms. The third kappa shape index (κ3) is 4.77. The highest BCUT2D eigenvalue weighted by Crippen LogP contribution is 2.30. The van der Waals surface area contributed by atoms with Crippen LogP contribution in [0.5, 0.6) is 0 Å². The highest BCUT2D eigenvalue weighted by molar-refractivity contribution is 7.39. The minimum Gasteiger partial charge on any atom is -0.352 e. The van der Waals surface area contributed by atoms with Crippen molar-refractivity contribution in [3.8, 4) is 0 Å². The van der Waals surface area contributed by atoms with Gasteiger partial charge in [0.1, 0.15) is 0 Å². The first-order chi connectivity index (χ1) is 6.17. The van der Waals surface area contributed by atoms with Gasteiger partial charge in [-0.15, -0.1) is 0 Å². The van der Waals surface area contributed by atoms with Gasteiger partial charge in [-0.3, -0.25) is 4.57 Å². The lowest BCUT2D eigenvalue weighted by Gasteiger charge is -2.23. The van der Waals surface area contributed by atoms with Crippen molar-refractivity contribution in [3.63, 3.8) is 0 Å². The van der Waals surface area contributed by atoms with Crippen LogP contribution >= 0.6 is 8.03 Å².